The number of aliphatic hydroxyl groups excluding tert-OH is 1. The number of amides is 2. The summed E-state index contributed by atoms with van der Waals surface area (Å²) in [4.78, 5) is 26.1. The molecule has 2 rings (SSSR count). The van der Waals surface area contributed by atoms with Crippen molar-refractivity contribution in [1.82, 2.24) is 9.80 Å². The zero-order valence-electron chi connectivity index (χ0n) is 9.41. The van der Waals surface area contributed by atoms with Crippen LogP contribution in [0.1, 0.15) is 12.8 Å². The number of nitrogens with zero attached hydrogens (tertiary/aromatic N) is 2. The van der Waals surface area contributed by atoms with Gasteiger partial charge in [0.15, 0.2) is 0 Å². The Morgan fingerprint density at radius 2 is 1.88 bits per heavy atom. The van der Waals surface area contributed by atoms with E-state index in [4.69, 9.17) is 5.11 Å². The van der Waals surface area contributed by atoms with Crippen LogP contribution in [0, 0.1) is 0 Å². The van der Waals surface area contributed by atoms with Crippen LogP contribution in [0.4, 0.5) is 4.79 Å². The topological polar surface area (TPSA) is 81.1 Å². The molecule has 0 aliphatic carbocycles. The number of hydrogen-bond acceptors (Lipinski definition) is 4. The SMILES string of the molecule is O=C(O)C1CSCN1C(=O)N1CCC(O)CC1. The van der Waals surface area contributed by atoms with Crippen molar-refractivity contribution in [3.63, 3.8) is 0 Å². The number of carboxylic acids is 1. The molecule has 2 amide bonds. The summed E-state index contributed by atoms with van der Waals surface area (Å²) in [6.07, 6.45) is 0.817. The van der Waals surface area contributed by atoms with Crippen molar-refractivity contribution in [2.75, 3.05) is 24.7 Å². The Hall–Kier alpha value is -0.950. The van der Waals surface area contributed by atoms with Gasteiger partial charge in [-0.2, -0.15) is 0 Å². The predicted molar refractivity (Wildman–Crippen MR) is 62.8 cm³/mol. The van der Waals surface area contributed by atoms with Gasteiger partial charge in [-0.15, -0.1) is 11.8 Å². The summed E-state index contributed by atoms with van der Waals surface area (Å²) in [6.45, 7) is 1.01. The summed E-state index contributed by atoms with van der Waals surface area (Å²) in [5.74, 6) is -0.0488. The normalized spacial score (nSPS) is 26.3. The summed E-state index contributed by atoms with van der Waals surface area (Å²) in [5.41, 5.74) is 0. The minimum atomic E-state index is -0.944. The van der Waals surface area contributed by atoms with E-state index < -0.39 is 12.0 Å². The summed E-state index contributed by atoms with van der Waals surface area (Å²) in [6, 6.07) is -0.923. The monoisotopic (exact) mass is 260 g/mol. The number of hydrogen-bond donors (Lipinski definition) is 2. The fourth-order valence-corrected chi connectivity index (χ4v) is 3.21. The Balaban J connectivity index is 1.97. The molecule has 6 nitrogen and oxygen atoms in total. The molecule has 2 saturated heterocycles. The molecule has 1 atom stereocenters. The molecule has 1 unspecified atom stereocenters. The average Bonchev–Trinajstić information content (AvgIpc) is 2.78. The molecule has 96 valence electrons. The number of rotatable bonds is 1. The van der Waals surface area contributed by atoms with Crippen LogP contribution in [-0.4, -0.2) is 68.9 Å². The molecule has 0 aromatic heterocycles. The summed E-state index contributed by atoms with van der Waals surface area (Å²) in [7, 11) is 0. The van der Waals surface area contributed by atoms with Crippen LogP contribution in [-0.2, 0) is 4.79 Å². The van der Waals surface area contributed by atoms with Gasteiger partial charge in [-0.05, 0) is 12.8 Å². The van der Waals surface area contributed by atoms with E-state index in [1.807, 2.05) is 0 Å². The third-order valence-corrected chi connectivity index (χ3v) is 4.16. The van der Waals surface area contributed by atoms with Crippen LogP contribution >= 0.6 is 11.8 Å². The smallest absolute Gasteiger partial charge is 0.327 e. The first-order chi connectivity index (χ1) is 8.09. The molecule has 7 heteroatoms. The van der Waals surface area contributed by atoms with E-state index in [1.54, 1.807) is 4.90 Å². The van der Waals surface area contributed by atoms with Gasteiger partial charge in [-0.1, -0.05) is 0 Å². The lowest BCUT2D eigenvalue weighted by molar-refractivity contribution is -0.141. The highest BCUT2D eigenvalue weighted by molar-refractivity contribution is 7.99. The lowest BCUT2D eigenvalue weighted by Crippen LogP contribution is -2.51. The highest BCUT2D eigenvalue weighted by atomic mass is 32.2. The van der Waals surface area contributed by atoms with Crippen LogP contribution in [0.3, 0.4) is 0 Å². The number of piperidine rings is 1. The second-order valence-electron chi connectivity index (χ2n) is 4.32. The standard InChI is InChI=1S/C10H16N2O4S/c13-7-1-3-11(4-2-7)10(16)12-6-17-5-8(12)9(14)15/h7-8,13H,1-6H2,(H,14,15). The zero-order valence-corrected chi connectivity index (χ0v) is 10.2. The zero-order chi connectivity index (χ0) is 12.4. The predicted octanol–water partition coefficient (Wildman–Crippen LogP) is 0.0226. The maximum Gasteiger partial charge on any atom is 0.327 e. The lowest BCUT2D eigenvalue weighted by atomic mass is 10.1. The first kappa shape index (κ1) is 12.5. The van der Waals surface area contributed by atoms with E-state index in [1.165, 1.54) is 16.7 Å². The van der Waals surface area contributed by atoms with Gasteiger partial charge in [0.2, 0.25) is 0 Å². The molecule has 0 saturated carbocycles. The first-order valence-electron chi connectivity index (χ1n) is 5.63. The van der Waals surface area contributed by atoms with Gasteiger partial charge in [0.25, 0.3) is 0 Å². The van der Waals surface area contributed by atoms with Crippen LogP contribution in [0.5, 0.6) is 0 Å². The van der Waals surface area contributed by atoms with Crippen molar-refractivity contribution in [2.45, 2.75) is 25.0 Å². The van der Waals surface area contributed by atoms with Crippen LogP contribution in [0.2, 0.25) is 0 Å². The Labute approximate surface area is 104 Å². The number of thioether (sulfide) groups is 1. The maximum absolute atomic E-state index is 12.1. The number of carboxylic acid groups (broad SMARTS) is 1. The van der Waals surface area contributed by atoms with E-state index in [9.17, 15) is 14.7 Å². The number of aliphatic hydroxyl groups is 1. The maximum atomic E-state index is 12.1. The Bertz CT molecular complexity index is 317. The van der Waals surface area contributed by atoms with Gasteiger partial charge >= 0.3 is 12.0 Å². The highest BCUT2D eigenvalue weighted by Gasteiger charge is 2.37. The fourth-order valence-electron chi connectivity index (χ4n) is 2.07. The van der Waals surface area contributed by atoms with E-state index in [2.05, 4.69) is 0 Å². The number of carbonyl (C=O) groups is 2. The minimum Gasteiger partial charge on any atom is -0.480 e. The van der Waals surface area contributed by atoms with Crippen LogP contribution in [0.15, 0.2) is 0 Å². The molecule has 0 radical (unpaired) electrons. The molecule has 17 heavy (non-hydrogen) atoms. The first-order valence-corrected chi connectivity index (χ1v) is 6.79. The molecule has 0 spiro atoms. The van der Waals surface area contributed by atoms with Gasteiger partial charge in [0, 0.05) is 18.8 Å². The number of urea groups is 1. The number of carbonyl (C=O) groups excluding carboxylic acids is 1. The molecule has 2 heterocycles. The lowest BCUT2D eigenvalue weighted by Gasteiger charge is -2.33. The van der Waals surface area contributed by atoms with Crippen LogP contribution in [0.25, 0.3) is 0 Å². The number of likely N-dealkylation sites (tertiary alicyclic amines) is 1. The molecular formula is C10H16N2O4S. The Morgan fingerprint density at radius 1 is 1.24 bits per heavy atom. The molecule has 2 aliphatic heterocycles. The summed E-state index contributed by atoms with van der Waals surface area (Å²) >= 11 is 1.46. The van der Waals surface area contributed by atoms with Gasteiger partial charge in [-0.3, -0.25) is 0 Å². The van der Waals surface area contributed by atoms with Gasteiger partial charge in [0.1, 0.15) is 6.04 Å². The van der Waals surface area contributed by atoms with Crippen LogP contribution < -0.4 is 0 Å². The van der Waals surface area contributed by atoms with Gasteiger partial charge in [0.05, 0.1) is 12.0 Å². The summed E-state index contributed by atoms with van der Waals surface area (Å²) < 4.78 is 0. The van der Waals surface area contributed by atoms with E-state index in [0.29, 0.717) is 37.6 Å². The Kier molecular flexibility index (Phi) is 3.78. The third kappa shape index (κ3) is 2.66. The Morgan fingerprint density at radius 3 is 2.47 bits per heavy atom. The average molecular weight is 260 g/mol. The van der Waals surface area contributed by atoms with Crippen molar-refractivity contribution in [2.24, 2.45) is 0 Å². The highest BCUT2D eigenvalue weighted by Crippen LogP contribution is 2.23. The second kappa shape index (κ2) is 5.14. The third-order valence-electron chi connectivity index (χ3n) is 3.15. The molecular weight excluding hydrogens is 244 g/mol. The minimum absolute atomic E-state index is 0.214. The van der Waals surface area contributed by atoms with Crippen molar-refractivity contribution in [3.8, 4) is 0 Å². The summed E-state index contributed by atoms with van der Waals surface area (Å²) in [5, 5.41) is 18.4. The van der Waals surface area contributed by atoms with E-state index in [0.717, 1.165) is 0 Å². The molecule has 0 aromatic carbocycles. The van der Waals surface area contributed by atoms with Crippen molar-refractivity contribution in [3.05, 3.63) is 0 Å². The largest absolute Gasteiger partial charge is 0.480 e. The molecule has 0 aromatic rings. The van der Waals surface area contributed by atoms with Crippen molar-refractivity contribution in [1.29, 1.82) is 0 Å². The molecule has 2 fully saturated rings. The molecule has 2 N–H and O–H groups in total. The second-order valence-corrected chi connectivity index (χ2v) is 5.32. The quantitative estimate of drug-likeness (QED) is 0.695. The fraction of sp³-hybridized carbons (Fsp3) is 0.800. The van der Waals surface area contributed by atoms with Crippen molar-refractivity contribution >= 4 is 23.8 Å². The van der Waals surface area contributed by atoms with Gasteiger partial charge < -0.3 is 20.0 Å². The molecule has 2 aliphatic rings. The molecule has 0 bridgehead atoms. The number of aliphatic carboxylic acids is 1. The van der Waals surface area contributed by atoms with E-state index >= 15 is 0 Å². The van der Waals surface area contributed by atoms with E-state index in [-0.39, 0.29) is 12.1 Å². The van der Waals surface area contributed by atoms with Crippen molar-refractivity contribution < 1.29 is 19.8 Å². The van der Waals surface area contributed by atoms with Gasteiger partial charge in [-0.25, -0.2) is 9.59 Å².